The Labute approximate surface area is 475 Å². The summed E-state index contributed by atoms with van der Waals surface area (Å²) in [5.41, 5.74) is 0. The second-order valence-corrected chi connectivity index (χ2v) is 22.7. The second-order valence-electron chi connectivity index (χ2n) is 22.7. The Morgan fingerprint density at radius 3 is 1.10 bits per heavy atom. The zero-order valence-corrected chi connectivity index (χ0v) is 50.9. The number of allylic oxidation sites excluding steroid dienone is 12. The van der Waals surface area contributed by atoms with E-state index in [9.17, 15) is 19.5 Å². The molecule has 0 aliphatic carbocycles. The largest absolute Gasteiger partial charge is 0.477 e. The molecule has 2 atom stereocenters. The van der Waals surface area contributed by atoms with Crippen molar-refractivity contribution in [3.63, 3.8) is 0 Å². The standard InChI is InChI=1S/C68H121NO8/c1-6-8-10-12-14-16-18-20-22-24-26-28-30-31-32-33-34-35-37-39-41-43-45-47-49-51-53-55-57-59-66(71)77-64(63-76-68(67(72)73)74-61-60-69(3,4)5)62-75-65(70)58-56-54-52-50-48-46-44-42-40-38-36-29-27-25-23-21-19-17-15-13-11-9-7-2/h8,10,14,16,20,22,26,28,31-32,34-35,64,68H,6-7,9,11-13,15,17-19,21,23-25,27,29-30,33,36-63H2,1-5H3/p+1/b10-8-,16-14-,22-20-,28-26-,32-31-,35-34-. The van der Waals surface area contributed by atoms with Crippen molar-refractivity contribution >= 4 is 17.9 Å². The van der Waals surface area contributed by atoms with Crippen LogP contribution in [0.15, 0.2) is 72.9 Å². The number of hydrogen-bond donors (Lipinski definition) is 1. The quantitative estimate of drug-likeness (QED) is 0.0211. The van der Waals surface area contributed by atoms with Crippen LogP contribution in [0, 0.1) is 0 Å². The van der Waals surface area contributed by atoms with E-state index in [2.05, 4.69) is 86.8 Å². The zero-order chi connectivity index (χ0) is 56.2. The van der Waals surface area contributed by atoms with Crippen molar-refractivity contribution in [3.05, 3.63) is 72.9 Å². The molecule has 0 saturated heterocycles. The minimum absolute atomic E-state index is 0.183. The highest BCUT2D eigenvalue weighted by molar-refractivity contribution is 5.71. The number of rotatable bonds is 59. The summed E-state index contributed by atoms with van der Waals surface area (Å²) in [6.45, 7) is 4.80. The van der Waals surface area contributed by atoms with E-state index in [4.69, 9.17) is 18.9 Å². The van der Waals surface area contributed by atoms with Crippen molar-refractivity contribution in [2.45, 2.75) is 296 Å². The first-order valence-corrected chi connectivity index (χ1v) is 32.1. The molecule has 0 aromatic rings. The van der Waals surface area contributed by atoms with Crippen molar-refractivity contribution in [2.24, 2.45) is 0 Å². The fraction of sp³-hybridized carbons (Fsp3) is 0.779. The van der Waals surface area contributed by atoms with Gasteiger partial charge in [0, 0.05) is 12.8 Å². The summed E-state index contributed by atoms with van der Waals surface area (Å²) in [6, 6.07) is 0. The highest BCUT2D eigenvalue weighted by Gasteiger charge is 2.25. The molecule has 0 radical (unpaired) electrons. The molecule has 446 valence electrons. The number of carboxylic acid groups (broad SMARTS) is 1. The fourth-order valence-corrected chi connectivity index (χ4v) is 9.08. The minimum atomic E-state index is -1.51. The number of esters is 2. The summed E-state index contributed by atoms with van der Waals surface area (Å²) in [7, 11) is 5.97. The molecule has 0 aromatic heterocycles. The molecule has 77 heavy (non-hydrogen) atoms. The van der Waals surface area contributed by atoms with E-state index in [1.807, 2.05) is 21.1 Å². The molecule has 9 heteroatoms. The average molecular weight is 1080 g/mol. The van der Waals surface area contributed by atoms with Gasteiger partial charge in [0.2, 0.25) is 0 Å². The third-order valence-electron chi connectivity index (χ3n) is 14.0. The van der Waals surface area contributed by atoms with E-state index in [1.165, 1.54) is 167 Å². The molecule has 0 rings (SSSR count). The van der Waals surface area contributed by atoms with Crippen LogP contribution in [0.1, 0.15) is 284 Å². The Morgan fingerprint density at radius 2 is 0.740 bits per heavy atom. The summed E-state index contributed by atoms with van der Waals surface area (Å²) in [5, 5.41) is 9.73. The number of likely N-dealkylation sites (N-methyl/N-ethyl adjacent to an activating group) is 1. The minimum Gasteiger partial charge on any atom is -0.477 e. The number of carbonyl (C=O) groups is 3. The first kappa shape index (κ1) is 73.7. The van der Waals surface area contributed by atoms with Crippen LogP contribution < -0.4 is 0 Å². The van der Waals surface area contributed by atoms with E-state index in [-0.39, 0.29) is 32.2 Å². The number of ether oxygens (including phenoxy) is 4. The molecule has 0 amide bonds. The highest BCUT2D eigenvalue weighted by atomic mass is 16.7. The number of carbonyl (C=O) groups excluding carboxylic acids is 2. The van der Waals surface area contributed by atoms with E-state index in [0.717, 1.165) is 83.5 Å². The lowest BCUT2D eigenvalue weighted by atomic mass is 10.0. The maximum atomic E-state index is 12.9. The summed E-state index contributed by atoms with van der Waals surface area (Å²) < 4.78 is 22.9. The van der Waals surface area contributed by atoms with Gasteiger partial charge in [-0.3, -0.25) is 9.59 Å². The smallest absolute Gasteiger partial charge is 0.361 e. The van der Waals surface area contributed by atoms with Crippen LogP contribution in [0.5, 0.6) is 0 Å². The van der Waals surface area contributed by atoms with Crippen LogP contribution in [0.25, 0.3) is 0 Å². The summed E-state index contributed by atoms with van der Waals surface area (Å²) in [5.74, 6) is -2.00. The monoisotopic (exact) mass is 1080 g/mol. The first-order valence-electron chi connectivity index (χ1n) is 32.1. The van der Waals surface area contributed by atoms with Gasteiger partial charge in [0.15, 0.2) is 6.10 Å². The topological polar surface area (TPSA) is 108 Å². The predicted molar refractivity (Wildman–Crippen MR) is 327 cm³/mol. The van der Waals surface area contributed by atoms with E-state index in [1.54, 1.807) is 0 Å². The summed E-state index contributed by atoms with van der Waals surface area (Å²) in [6.07, 6.45) is 74.2. The number of aliphatic carboxylic acids is 1. The van der Waals surface area contributed by atoms with Crippen LogP contribution in [-0.4, -0.2) is 87.4 Å². The van der Waals surface area contributed by atoms with Gasteiger partial charge in [-0.15, -0.1) is 0 Å². The SMILES string of the molecule is CC/C=C\C/C=C\C/C=C\C/C=C\C/C=C\C/C=C\CCCCCCCCCCCCC(=O)OC(COC(=O)CCCCCCCCCCCCCCCCCCCCCCCCC)COC(OCC[N+](C)(C)C)C(=O)O. The molecule has 0 fully saturated rings. The van der Waals surface area contributed by atoms with Crippen molar-refractivity contribution < 1.29 is 42.9 Å². The lowest BCUT2D eigenvalue weighted by molar-refractivity contribution is -0.870. The normalized spacial score (nSPS) is 13.2. The highest BCUT2D eigenvalue weighted by Crippen LogP contribution is 2.17. The Hall–Kier alpha value is -3.27. The zero-order valence-electron chi connectivity index (χ0n) is 50.9. The van der Waals surface area contributed by atoms with Gasteiger partial charge in [-0.1, -0.05) is 279 Å². The number of quaternary nitrogens is 1. The van der Waals surface area contributed by atoms with Gasteiger partial charge >= 0.3 is 17.9 Å². The van der Waals surface area contributed by atoms with Crippen LogP contribution in [0.4, 0.5) is 0 Å². The molecular weight excluding hydrogens is 959 g/mol. The first-order chi connectivity index (χ1) is 37.6. The number of unbranched alkanes of at least 4 members (excludes halogenated alkanes) is 32. The van der Waals surface area contributed by atoms with Gasteiger partial charge in [-0.05, 0) is 64.2 Å². The van der Waals surface area contributed by atoms with Crippen molar-refractivity contribution in [1.82, 2.24) is 0 Å². The van der Waals surface area contributed by atoms with Gasteiger partial charge in [-0.25, -0.2) is 4.79 Å². The number of hydrogen-bond acceptors (Lipinski definition) is 7. The van der Waals surface area contributed by atoms with Gasteiger partial charge in [-0.2, -0.15) is 0 Å². The van der Waals surface area contributed by atoms with Gasteiger partial charge in [0.05, 0.1) is 34.4 Å². The molecule has 0 aliphatic heterocycles. The van der Waals surface area contributed by atoms with Gasteiger partial charge < -0.3 is 28.5 Å². The Kier molecular flexibility index (Phi) is 56.4. The molecule has 0 aromatic carbocycles. The summed E-state index contributed by atoms with van der Waals surface area (Å²) >= 11 is 0. The second kappa shape index (κ2) is 58.9. The average Bonchev–Trinajstić information content (AvgIpc) is 3.40. The van der Waals surface area contributed by atoms with Crippen molar-refractivity contribution in [2.75, 3.05) is 47.5 Å². The molecule has 0 bridgehead atoms. The number of nitrogens with zero attached hydrogens (tertiary/aromatic N) is 1. The third kappa shape index (κ3) is 60.2. The van der Waals surface area contributed by atoms with E-state index in [0.29, 0.717) is 23.9 Å². The van der Waals surface area contributed by atoms with Crippen LogP contribution in [0.2, 0.25) is 0 Å². The lowest BCUT2D eigenvalue weighted by Gasteiger charge is -2.25. The number of carboxylic acids is 1. The van der Waals surface area contributed by atoms with Crippen LogP contribution in [-0.2, 0) is 33.3 Å². The third-order valence-corrected chi connectivity index (χ3v) is 14.0. The predicted octanol–water partition coefficient (Wildman–Crippen LogP) is 19.4. The fourth-order valence-electron chi connectivity index (χ4n) is 9.08. The van der Waals surface area contributed by atoms with Crippen LogP contribution in [0.3, 0.4) is 0 Å². The van der Waals surface area contributed by atoms with E-state index < -0.39 is 24.3 Å². The molecular formula is C68H122NO8+. The molecule has 2 unspecified atom stereocenters. The van der Waals surface area contributed by atoms with Crippen molar-refractivity contribution in [3.8, 4) is 0 Å². The molecule has 1 N–H and O–H groups in total. The maximum Gasteiger partial charge on any atom is 0.361 e. The van der Waals surface area contributed by atoms with Crippen LogP contribution >= 0.6 is 0 Å². The van der Waals surface area contributed by atoms with Gasteiger partial charge in [0.1, 0.15) is 13.2 Å². The van der Waals surface area contributed by atoms with Gasteiger partial charge in [0.25, 0.3) is 6.29 Å². The summed E-state index contributed by atoms with van der Waals surface area (Å²) in [4.78, 5) is 37.5. The molecule has 0 heterocycles. The Bertz CT molecular complexity index is 1490. The Balaban J connectivity index is 4.19. The molecule has 0 aliphatic rings. The molecule has 0 saturated carbocycles. The Morgan fingerprint density at radius 1 is 0.403 bits per heavy atom. The van der Waals surface area contributed by atoms with E-state index >= 15 is 0 Å². The molecule has 9 nitrogen and oxygen atoms in total. The maximum absolute atomic E-state index is 12.9. The van der Waals surface area contributed by atoms with Crippen molar-refractivity contribution in [1.29, 1.82) is 0 Å². The lowest BCUT2D eigenvalue weighted by Crippen LogP contribution is -2.40. The molecule has 0 spiro atoms.